The van der Waals surface area contributed by atoms with E-state index in [-0.39, 0.29) is 0 Å². The highest BCUT2D eigenvalue weighted by atomic mass is 32.1. The summed E-state index contributed by atoms with van der Waals surface area (Å²) in [6.07, 6.45) is 4.36. The fourth-order valence-electron chi connectivity index (χ4n) is 7.91. The Morgan fingerprint density at radius 1 is 0.226 bits per heavy atom. The van der Waals surface area contributed by atoms with Gasteiger partial charge in [-0.3, -0.25) is 0 Å². The van der Waals surface area contributed by atoms with Crippen LogP contribution in [0, 0.1) is 11.8 Å². The second-order valence-corrected chi connectivity index (χ2v) is 26.4. The van der Waals surface area contributed by atoms with Crippen LogP contribution in [0.25, 0.3) is 91.9 Å². The monoisotopic (exact) mass is 1390 g/mol. The zero-order valence-corrected chi connectivity index (χ0v) is 64.6. The largest absolute Gasteiger partial charge is 0.144 e. The van der Waals surface area contributed by atoms with Gasteiger partial charge in [-0.05, 0) is 160 Å². The molecule has 0 aliphatic heterocycles. The van der Waals surface area contributed by atoms with Crippen molar-refractivity contribution in [1.29, 1.82) is 0 Å². The molecule has 0 saturated heterocycles. The molecular formula is C84H94S9. The predicted octanol–water partition coefficient (Wildman–Crippen LogP) is 31.9. The molecule has 0 aliphatic carbocycles. The van der Waals surface area contributed by atoms with Gasteiger partial charge in [-0.25, -0.2) is 0 Å². The first kappa shape index (κ1) is 80.2. The Labute approximate surface area is 596 Å². The van der Waals surface area contributed by atoms with Gasteiger partial charge in [0.25, 0.3) is 0 Å². The molecule has 0 saturated carbocycles. The van der Waals surface area contributed by atoms with Crippen molar-refractivity contribution in [3.05, 3.63) is 286 Å². The van der Waals surface area contributed by atoms with E-state index in [2.05, 4.69) is 228 Å². The Balaban J connectivity index is 0.000000306. The summed E-state index contributed by atoms with van der Waals surface area (Å²) in [7, 11) is 0. The van der Waals surface area contributed by atoms with E-state index in [1.54, 1.807) is 34.0 Å². The van der Waals surface area contributed by atoms with Crippen LogP contribution in [-0.4, -0.2) is 0 Å². The molecule has 0 N–H and O–H groups in total. The molecule has 0 spiro atoms. The lowest BCUT2D eigenvalue weighted by molar-refractivity contribution is 1.50. The molecule has 0 fully saturated rings. The van der Waals surface area contributed by atoms with E-state index < -0.39 is 0 Å². The minimum absolute atomic E-state index is 1.05. The fraction of sp³-hybridized carbons (Fsp3) is 0.190. The number of fused-ring (bicyclic) bond motifs is 1. The van der Waals surface area contributed by atoms with E-state index in [0.717, 1.165) is 11.1 Å². The molecule has 0 radical (unpaired) electrons. The highest BCUT2D eigenvalue weighted by Gasteiger charge is 2.12. The van der Waals surface area contributed by atoms with E-state index in [4.69, 9.17) is 0 Å². The summed E-state index contributed by atoms with van der Waals surface area (Å²) in [6, 6.07) is 87.1. The van der Waals surface area contributed by atoms with Crippen molar-refractivity contribution in [2.45, 2.75) is 111 Å². The summed E-state index contributed by atoms with van der Waals surface area (Å²) in [5.74, 6) is 6.22. The number of hydrogen-bond acceptors (Lipinski definition) is 9. The van der Waals surface area contributed by atoms with E-state index in [1.165, 1.54) is 89.5 Å². The van der Waals surface area contributed by atoms with Gasteiger partial charge in [-0.2, -0.15) is 0 Å². The second-order valence-electron chi connectivity index (χ2n) is 17.0. The van der Waals surface area contributed by atoms with Crippen molar-refractivity contribution < 1.29 is 0 Å². The minimum atomic E-state index is 1.05. The van der Waals surface area contributed by atoms with Crippen LogP contribution in [0.2, 0.25) is 0 Å². The van der Waals surface area contributed by atoms with Gasteiger partial charge in [0.15, 0.2) is 0 Å². The van der Waals surface area contributed by atoms with E-state index in [1.807, 2.05) is 239 Å². The molecule has 9 aromatic heterocycles. The normalized spacial score (nSPS) is 9.38. The van der Waals surface area contributed by atoms with E-state index in [0.29, 0.717) is 0 Å². The van der Waals surface area contributed by atoms with Gasteiger partial charge in [0, 0.05) is 84.1 Å². The highest BCUT2D eigenvalue weighted by Crippen LogP contribution is 2.44. The lowest BCUT2D eigenvalue weighted by Crippen LogP contribution is -1.73. The number of hydrogen-bond donors (Lipinski definition) is 0. The lowest BCUT2D eigenvalue weighted by Gasteiger charge is -1.95. The quantitative estimate of drug-likeness (QED) is 0.126. The lowest BCUT2D eigenvalue weighted by atomic mass is 10.2. The maximum Gasteiger partial charge on any atom is 0.0455 e. The Morgan fingerprint density at radius 3 is 0.946 bits per heavy atom. The van der Waals surface area contributed by atoms with Crippen LogP contribution in [0.4, 0.5) is 0 Å². The Bertz CT molecular complexity index is 4000. The molecule has 0 aliphatic rings. The SMILES string of the molecule is C(#Cc1ccccc1)c1ccccc1.C(=C\c1ccc(-c2ccccc2)s1)/c1cccs1.CC.CC.CC.CC.CC.CC.CC.CC.c1ccc(-c2ccc(-c3ccc(-c4ccc(-c5cccs5)s4)s3)s2)cc1.c1csc(-c2ccc(-c3cc4ccccc4s3)s2)c1. The summed E-state index contributed by atoms with van der Waals surface area (Å²) < 4.78 is 1.36. The van der Waals surface area contributed by atoms with Gasteiger partial charge in [0.05, 0.1) is 0 Å². The molecule has 484 valence electrons. The Morgan fingerprint density at radius 2 is 0.548 bits per heavy atom. The number of benzene rings is 5. The third-order valence-electron chi connectivity index (χ3n) is 11.7. The molecule has 9 heterocycles. The van der Waals surface area contributed by atoms with Crippen LogP contribution < -0.4 is 0 Å². The second kappa shape index (κ2) is 49.5. The first-order valence-corrected chi connectivity index (χ1v) is 40.2. The van der Waals surface area contributed by atoms with Gasteiger partial charge in [-0.1, -0.05) is 256 Å². The summed E-state index contributed by atoms with van der Waals surface area (Å²) in [4.78, 5) is 18.8. The van der Waals surface area contributed by atoms with Crippen molar-refractivity contribution in [2.75, 3.05) is 0 Å². The van der Waals surface area contributed by atoms with Crippen molar-refractivity contribution in [3.8, 4) is 81.5 Å². The van der Waals surface area contributed by atoms with Crippen molar-refractivity contribution in [2.24, 2.45) is 0 Å². The van der Waals surface area contributed by atoms with E-state index >= 15 is 0 Å². The zero-order chi connectivity index (χ0) is 67.9. The average Bonchev–Trinajstić information content (AvgIpc) is 4.11. The van der Waals surface area contributed by atoms with Crippen LogP contribution in [-0.2, 0) is 0 Å². The Hall–Kier alpha value is -7.04. The molecule has 14 aromatic rings. The maximum atomic E-state index is 3.11. The predicted molar refractivity (Wildman–Crippen MR) is 441 cm³/mol. The highest BCUT2D eigenvalue weighted by molar-refractivity contribution is 7.29. The van der Waals surface area contributed by atoms with Gasteiger partial charge in [0.1, 0.15) is 0 Å². The molecular weight excluding hydrogens is 1300 g/mol. The molecule has 0 bridgehead atoms. The molecule has 5 aromatic carbocycles. The van der Waals surface area contributed by atoms with Gasteiger partial charge in [-0.15, -0.1) is 102 Å². The van der Waals surface area contributed by atoms with Crippen LogP contribution in [0.1, 0.15) is 132 Å². The summed E-state index contributed by atoms with van der Waals surface area (Å²) in [5.41, 5.74) is 4.69. The molecule has 0 unspecified atom stereocenters. The number of rotatable bonds is 9. The smallest absolute Gasteiger partial charge is 0.0455 e. The van der Waals surface area contributed by atoms with Gasteiger partial charge < -0.3 is 0 Å². The molecule has 0 atom stereocenters. The maximum absolute atomic E-state index is 3.11. The van der Waals surface area contributed by atoms with Crippen molar-refractivity contribution >= 4 is 124 Å². The average molecular weight is 1390 g/mol. The molecule has 93 heavy (non-hydrogen) atoms. The standard InChI is InChI=1S/C22H14S4.C16H10S3.C16H12S2.C14H10.8C2H6/c1-2-5-15(6-3-1)16-8-9-19(24-16)20-12-13-22(26-20)21-11-10-18(25-21)17-7-4-14-23-17;1-2-5-12-11(4-1)10-16(18-12)15-8-7-14(19-15)13-6-3-9-17-13;1-2-5-13(6-3-1)16-11-10-15(18-16)9-8-14-7-4-12-17-14;1-3-7-13(8-4-1)11-12-14-9-5-2-6-10-14;8*1-2/h1-14H;1-10H;1-12H;1-10H;8*1-2H3/b;;9-8+;;;;;;;;;. The molecule has 9 heteroatoms. The van der Waals surface area contributed by atoms with Crippen LogP contribution >= 0.6 is 102 Å². The van der Waals surface area contributed by atoms with Crippen LogP contribution in [0.15, 0.2) is 265 Å². The van der Waals surface area contributed by atoms with Crippen molar-refractivity contribution in [3.63, 3.8) is 0 Å². The van der Waals surface area contributed by atoms with Crippen LogP contribution in [0.5, 0.6) is 0 Å². The van der Waals surface area contributed by atoms with Gasteiger partial charge in [0.2, 0.25) is 0 Å². The zero-order valence-electron chi connectivity index (χ0n) is 57.2. The van der Waals surface area contributed by atoms with E-state index in [9.17, 15) is 0 Å². The molecule has 14 rings (SSSR count). The molecule has 0 nitrogen and oxygen atoms in total. The van der Waals surface area contributed by atoms with Crippen LogP contribution in [0.3, 0.4) is 0 Å². The fourth-order valence-corrected chi connectivity index (χ4v) is 16.5. The first-order chi connectivity index (χ1) is 46.1. The summed E-state index contributed by atoms with van der Waals surface area (Å²) in [6.45, 7) is 32.0. The third-order valence-corrected chi connectivity index (χ3v) is 21.9. The first-order valence-electron chi connectivity index (χ1n) is 32.6. The molecule has 0 amide bonds. The topological polar surface area (TPSA) is 0 Å². The number of thiophene rings is 9. The summed E-state index contributed by atoms with van der Waals surface area (Å²) >= 11 is 16.6. The third kappa shape index (κ3) is 26.7. The minimum Gasteiger partial charge on any atom is -0.144 e. The Kier molecular flexibility index (Phi) is 42.7. The summed E-state index contributed by atoms with van der Waals surface area (Å²) in [5, 5.41) is 7.71. The van der Waals surface area contributed by atoms with Crippen molar-refractivity contribution in [1.82, 2.24) is 0 Å². The van der Waals surface area contributed by atoms with Gasteiger partial charge >= 0.3 is 0 Å².